The molecule has 1 aromatic heterocycles. The van der Waals surface area contributed by atoms with Crippen molar-refractivity contribution in [1.29, 1.82) is 0 Å². The lowest BCUT2D eigenvalue weighted by Gasteiger charge is -2.20. The molecule has 1 fully saturated rings. The van der Waals surface area contributed by atoms with Gasteiger partial charge in [-0.05, 0) is 24.1 Å². The normalized spacial score (nSPS) is 24.5. The van der Waals surface area contributed by atoms with Crippen LogP contribution >= 0.6 is 0 Å². The Morgan fingerprint density at radius 2 is 2.14 bits per heavy atom. The van der Waals surface area contributed by atoms with Crippen molar-refractivity contribution in [3.8, 4) is 0 Å². The van der Waals surface area contributed by atoms with Crippen LogP contribution in [-0.2, 0) is 20.7 Å². The molecule has 0 aromatic carbocycles. The summed E-state index contributed by atoms with van der Waals surface area (Å²) in [6.07, 6.45) is 5.03. The van der Waals surface area contributed by atoms with Gasteiger partial charge in [0.1, 0.15) is 5.71 Å². The predicted molar refractivity (Wildman–Crippen MR) is 79.0 cm³/mol. The summed E-state index contributed by atoms with van der Waals surface area (Å²) in [5.41, 5.74) is 3.88. The molecule has 3 rings (SSSR count). The highest BCUT2D eigenvalue weighted by molar-refractivity contribution is 6.39. The standard InChI is InChI=1S/C15H18N4O3/c20-14-2-1-12(18-19-14)15(21)17-13-9-22-8-11(13)7-10-3-5-16-6-4-10/h3-6,11,13H,1-2,7-9H2,(H,17,21)(H,19,20)/t11-,13-/m1/s1. The highest BCUT2D eigenvalue weighted by atomic mass is 16.5. The number of carbonyl (C=O) groups excluding carboxylic acids is 2. The lowest BCUT2D eigenvalue weighted by Crippen LogP contribution is -2.45. The Balaban J connectivity index is 1.59. The maximum absolute atomic E-state index is 12.2. The first-order chi connectivity index (χ1) is 10.7. The van der Waals surface area contributed by atoms with Crippen molar-refractivity contribution in [3.63, 3.8) is 0 Å². The van der Waals surface area contributed by atoms with Gasteiger partial charge in [0.2, 0.25) is 5.91 Å². The molecular weight excluding hydrogens is 284 g/mol. The number of nitrogens with zero attached hydrogens (tertiary/aromatic N) is 2. The molecule has 2 aliphatic heterocycles. The number of pyridine rings is 1. The van der Waals surface area contributed by atoms with E-state index < -0.39 is 0 Å². The van der Waals surface area contributed by atoms with Gasteiger partial charge in [-0.25, -0.2) is 5.43 Å². The fourth-order valence-corrected chi connectivity index (χ4v) is 2.67. The number of nitrogens with one attached hydrogen (secondary N) is 2. The molecule has 3 heterocycles. The third-order valence-electron chi connectivity index (χ3n) is 3.93. The van der Waals surface area contributed by atoms with Crippen molar-refractivity contribution >= 4 is 17.5 Å². The zero-order chi connectivity index (χ0) is 15.4. The van der Waals surface area contributed by atoms with Crippen LogP contribution in [0.15, 0.2) is 29.6 Å². The van der Waals surface area contributed by atoms with Crippen LogP contribution in [0.2, 0.25) is 0 Å². The predicted octanol–water partition coefficient (Wildman–Crippen LogP) is 0.0213. The minimum absolute atomic E-state index is 0.0407. The van der Waals surface area contributed by atoms with E-state index in [1.165, 1.54) is 5.56 Å². The molecule has 0 unspecified atom stereocenters. The Labute approximate surface area is 128 Å². The first-order valence-electron chi connectivity index (χ1n) is 7.35. The van der Waals surface area contributed by atoms with Crippen molar-refractivity contribution in [3.05, 3.63) is 30.1 Å². The van der Waals surface area contributed by atoms with Crippen molar-refractivity contribution in [2.24, 2.45) is 11.0 Å². The average molecular weight is 302 g/mol. The molecule has 0 spiro atoms. The molecule has 0 bridgehead atoms. The second kappa shape index (κ2) is 6.65. The molecule has 0 aliphatic carbocycles. The fourth-order valence-electron chi connectivity index (χ4n) is 2.67. The van der Waals surface area contributed by atoms with Gasteiger partial charge in [0.05, 0.1) is 19.3 Å². The topological polar surface area (TPSA) is 92.7 Å². The third kappa shape index (κ3) is 3.48. The van der Waals surface area contributed by atoms with Gasteiger partial charge in [0.25, 0.3) is 5.91 Å². The van der Waals surface area contributed by atoms with Gasteiger partial charge < -0.3 is 10.1 Å². The molecule has 2 atom stereocenters. The van der Waals surface area contributed by atoms with Crippen LogP contribution in [0.5, 0.6) is 0 Å². The van der Waals surface area contributed by atoms with Gasteiger partial charge in [-0.3, -0.25) is 14.6 Å². The van der Waals surface area contributed by atoms with Gasteiger partial charge >= 0.3 is 0 Å². The average Bonchev–Trinajstić information content (AvgIpc) is 2.96. The number of amides is 2. The summed E-state index contributed by atoms with van der Waals surface area (Å²) >= 11 is 0. The van der Waals surface area contributed by atoms with E-state index in [0.29, 0.717) is 31.8 Å². The molecule has 2 N–H and O–H groups in total. The molecule has 2 amide bonds. The monoisotopic (exact) mass is 302 g/mol. The molecule has 0 radical (unpaired) electrons. The lowest BCUT2D eigenvalue weighted by molar-refractivity contribution is -0.121. The van der Waals surface area contributed by atoms with Crippen molar-refractivity contribution in [2.75, 3.05) is 13.2 Å². The summed E-state index contributed by atoms with van der Waals surface area (Å²) in [5.74, 6) is -0.156. The SMILES string of the molecule is O=C1CCC(C(=O)N[C@@H]2COC[C@H]2Cc2ccncc2)=NN1. The van der Waals surface area contributed by atoms with Gasteiger partial charge in [-0.2, -0.15) is 5.10 Å². The van der Waals surface area contributed by atoms with E-state index in [2.05, 4.69) is 20.8 Å². The second-order valence-electron chi connectivity index (χ2n) is 5.53. The van der Waals surface area contributed by atoms with Gasteiger partial charge in [-0.1, -0.05) is 0 Å². The summed E-state index contributed by atoms with van der Waals surface area (Å²) in [6, 6.07) is 3.90. The summed E-state index contributed by atoms with van der Waals surface area (Å²) in [7, 11) is 0. The molecule has 7 nitrogen and oxygen atoms in total. The Kier molecular flexibility index (Phi) is 4.43. The molecule has 7 heteroatoms. The third-order valence-corrected chi connectivity index (χ3v) is 3.93. The largest absolute Gasteiger partial charge is 0.379 e. The van der Waals surface area contributed by atoms with Crippen molar-refractivity contribution in [2.45, 2.75) is 25.3 Å². The number of aromatic nitrogens is 1. The molecular formula is C15H18N4O3. The number of ether oxygens (including phenoxy) is 1. The van der Waals surface area contributed by atoms with E-state index in [9.17, 15) is 9.59 Å². The summed E-state index contributed by atoms with van der Waals surface area (Å²) < 4.78 is 5.51. The first kappa shape index (κ1) is 14.6. The summed E-state index contributed by atoms with van der Waals surface area (Å²) in [4.78, 5) is 27.3. The minimum atomic E-state index is -0.227. The van der Waals surface area contributed by atoms with E-state index in [1.54, 1.807) is 12.4 Å². The number of carbonyl (C=O) groups is 2. The number of rotatable bonds is 4. The van der Waals surface area contributed by atoms with Crippen LogP contribution in [0, 0.1) is 5.92 Å². The first-order valence-corrected chi connectivity index (χ1v) is 7.35. The van der Waals surface area contributed by atoms with Crippen LogP contribution in [0.1, 0.15) is 18.4 Å². The van der Waals surface area contributed by atoms with Crippen LogP contribution in [0.3, 0.4) is 0 Å². The van der Waals surface area contributed by atoms with Gasteiger partial charge in [-0.15, -0.1) is 0 Å². The highest BCUT2D eigenvalue weighted by Crippen LogP contribution is 2.19. The van der Waals surface area contributed by atoms with E-state index in [0.717, 1.165) is 6.42 Å². The summed E-state index contributed by atoms with van der Waals surface area (Å²) in [5, 5.41) is 6.79. The molecule has 116 valence electrons. The minimum Gasteiger partial charge on any atom is -0.379 e. The molecule has 22 heavy (non-hydrogen) atoms. The van der Waals surface area contributed by atoms with Gasteiger partial charge in [0, 0.05) is 31.2 Å². The van der Waals surface area contributed by atoms with Crippen LogP contribution in [0.25, 0.3) is 0 Å². The zero-order valence-corrected chi connectivity index (χ0v) is 12.1. The Hall–Kier alpha value is -2.28. The number of hydrazone groups is 1. The van der Waals surface area contributed by atoms with E-state index in [4.69, 9.17) is 4.74 Å². The summed E-state index contributed by atoms with van der Waals surface area (Å²) in [6.45, 7) is 1.12. The lowest BCUT2D eigenvalue weighted by atomic mass is 9.95. The van der Waals surface area contributed by atoms with Crippen LogP contribution in [0.4, 0.5) is 0 Å². The maximum Gasteiger partial charge on any atom is 0.267 e. The second-order valence-corrected chi connectivity index (χ2v) is 5.53. The van der Waals surface area contributed by atoms with E-state index >= 15 is 0 Å². The zero-order valence-electron chi connectivity index (χ0n) is 12.1. The Bertz CT molecular complexity index is 588. The molecule has 0 saturated carbocycles. The van der Waals surface area contributed by atoms with Gasteiger partial charge in [0.15, 0.2) is 0 Å². The van der Waals surface area contributed by atoms with Crippen molar-refractivity contribution < 1.29 is 14.3 Å². The maximum atomic E-state index is 12.2. The molecule has 2 aliphatic rings. The van der Waals surface area contributed by atoms with E-state index in [-0.39, 0.29) is 23.8 Å². The number of hydrogen-bond donors (Lipinski definition) is 2. The Morgan fingerprint density at radius 1 is 1.32 bits per heavy atom. The van der Waals surface area contributed by atoms with Crippen LogP contribution < -0.4 is 10.7 Å². The number of hydrogen-bond acceptors (Lipinski definition) is 5. The van der Waals surface area contributed by atoms with Crippen LogP contribution in [-0.4, -0.2) is 41.8 Å². The quantitative estimate of drug-likeness (QED) is 0.820. The van der Waals surface area contributed by atoms with E-state index in [1.807, 2.05) is 12.1 Å². The molecule has 1 aromatic rings. The van der Waals surface area contributed by atoms with Crippen molar-refractivity contribution in [1.82, 2.24) is 15.7 Å². The molecule has 1 saturated heterocycles. The fraction of sp³-hybridized carbons (Fsp3) is 0.467. The Morgan fingerprint density at radius 3 is 2.86 bits per heavy atom. The highest BCUT2D eigenvalue weighted by Gasteiger charge is 2.31. The smallest absolute Gasteiger partial charge is 0.267 e.